The number of rotatable bonds is 3. The van der Waals surface area contributed by atoms with E-state index in [1.807, 2.05) is 26.8 Å². The molecule has 0 atom stereocenters. The Bertz CT molecular complexity index is 287. The summed E-state index contributed by atoms with van der Waals surface area (Å²) < 4.78 is 1.06. The van der Waals surface area contributed by atoms with Crippen LogP contribution in [0.2, 0.25) is 0 Å². The predicted octanol–water partition coefficient (Wildman–Crippen LogP) is 6.58. The molecule has 0 radical (unpaired) electrons. The Hall–Kier alpha value is -0.820. The van der Waals surface area contributed by atoms with Gasteiger partial charge in [-0.25, -0.2) is 0 Å². The Morgan fingerprint density at radius 3 is 1.71 bits per heavy atom. The Kier molecular flexibility index (Phi) is 19.2. The van der Waals surface area contributed by atoms with Crippen LogP contribution in [0.3, 0.4) is 0 Å². The normalized spacial score (nSPS) is 10.3. The van der Waals surface area contributed by atoms with Crippen LogP contribution in [-0.2, 0) is 0 Å². The van der Waals surface area contributed by atoms with E-state index >= 15 is 0 Å². The van der Waals surface area contributed by atoms with E-state index in [-0.39, 0.29) is 0 Å². The van der Waals surface area contributed by atoms with Crippen molar-refractivity contribution in [3.8, 4) is 0 Å². The van der Waals surface area contributed by atoms with E-state index < -0.39 is 0 Å². The third-order valence-corrected chi connectivity index (χ3v) is 2.62. The van der Waals surface area contributed by atoms with Gasteiger partial charge in [0.2, 0.25) is 0 Å². The fourth-order valence-corrected chi connectivity index (χ4v) is 1.07. The van der Waals surface area contributed by atoms with Crippen molar-refractivity contribution in [2.75, 3.05) is 0 Å². The summed E-state index contributed by atoms with van der Waals surface area (Å²) in [6, 6.07) is 0. The van der Waals surface area contributed by atoms with Gasteiger partial charge in [-0.15, -0.1) is 13.2 Å². The van der Waals surface area contributed by atoms with Gasteiger partial charge in [-0.1, -0.05) is 60.2 Å². The second-order valence-electron chi connectivity index (χ2n) is 3.21. The molecule has 0 unspecified atom stereocenters. The van der Waals surface area contributed by atoms with Crippen molar-refractivity contribution >= 4 is 15.9 Å². The summed E-state index contributed by atoms with van der Waals surface area (Å²) in [7, 11) is 0. The van der Waals surface area contributed by atoms with Crippen molar-refractivity contribution in [3.05, 3.63) is 59.2 Å². The van der Waals surface area contributed by atoms with Crippen LogP contribution in [0.1, 0.15) is 41.5 Å². The highest BCUT2D eigenvalue weighted by molar-refractivity contribution is 9.12. The zero-order valence-electron chi connectivity index (χ0n) is 12.2. The molecule has 0 aromatic rings. The lowest BCUT2D eigenvalue weighted by molar-refractivity contribution is 1.37. The van der Waals surface area contributed by atoms with Gasteiger partial charge in [0.15, 0.2) is 0 Å². The molecule has 0 nitrogen and oxygen atoms in total. The molecule has 0 aliphatic heterocycles. The molecule has 0 aromatic carbocycles. The second-order valence-corrected chi connectivity index (χ2v) is 4.06. The van der Waals surface area contributed by atoms with Crippen LogP contribution in [0, 0.1) is 0 Å². The van der Waals surface area contributed by atoms with E-state index in [1.54, 1.807) is 0 Å². The molecular weight excluding hydrogens is 272 g/mol. The lowest BCUT2D eigenvalue weighted by atomic mass is 10.1. The average molecular weight is 299 g/mol. The third-order valence-electron chi connectivity index (χ3n) is 1.68. The molecule has 0 saturated heterocycles. The number of hydrogen-bond donors (Lipinski definition) is 0. The minimum atomic E-state index is 1.04. The second kappa shape index (κ2) is 15.2. The van der Waals surface area contributed by atoms with Crippen molar-refractivity contribution in [1.29, 1.82) is 0 Å². The molecule has 0 bridgehead atoms. The maximum absolute atomic E-state index is 3.99. The SMILES string of the molecule is C=C.C=C(/C(C)=C/C=C(C)C)/C(Br)=C\C.CC. The predicted molar refractivity (Wildman–Crippen MR) is 87.6 cm³/mol. The summed E-state index contributed by atoms with van der Waals surface area (Å²) in [6.07, 6.45) is 6.18. The lowest BCUT2D eigenvalue weighted by Gasteiger charge is -2.03. The summed E-state index contributed by atoms with van der Waals surface area (Å²) in [6.45, 7) is 22.2. The van der Waals surface area contributed by atoms with Gasteiger partial charge in [0, 0.05) is 4.48 Å². The van der Waals surface area contributed by atoms with E-state index in [0.29, 0.717) is 0 Å². The Morgan fingerprint density at radius 2 is 1.41 bits per heavy atom. The maximum Gasteiger partial charge on any atom is 0.0201 e. The van der Waals surface area contributed by atoms with Gasteiger partial charge < -0.3 is 0 Å². The lowest BCUT2D eigenvalue weighted by Crippen LogP contribution is -1.82. The van der Waals surface area contributed by atoms with Crippen molar-refractivity contribution < 1.29 is 0 Å². The zero-order chi connectivity index (χ0) is 14.4. The van der Waals surface area contributed by atoms with E-state index in [2.05, 4.69) is 68.6 Å². The van der Waals surface area contributed by atoms with Crippen molar-refractivity contribution in [2.24, 2.45) is 0 Å². The quantitative estimate of drug-likeness (QED) is 0.408. The largest absolute Gasteiger partial charge is 0.106 e. The van der Waals surface area contributed by atoms with E-state index in [4.69, 9.17) is 0 Å². The number of allylic oxidation sites excluding steroid dienone is 7. The minimum Gasteiger partial charge on any atom is -0.106 e. The fourth-order valence-electron chi connectivity index (χ4n) is 0.755. The fraction of sp³-hybridized carbons (Fsp3) is 0.375. The highest BCUT2D eigenvalue weighted by atomic mass is 79.9. The van der Waals surface area contributed by atoms with Crippen LogP contribution < -0.4 is 0 Å². The molecular formula is C16H27Br. The molecule has 0 saturated carbocycles. The van der Waals surface area contributed by atoms with E-state index in [0.717, 1.165) is 10.1 Å². The van der Waals surface area contributed by atoms with E-state index in [9.17, 15) is 0 Å². The van der Waals surface area contributed by atoms with Gasteiger partial charge in [0.25, 0.3) is 0 Å². The van der Waals surface area contributed by atoms with Crippen LogP contribution in [-0.4, -0.2) is 0 Å². The molecule has 0 fully saturated rings. The zero-order valence-corrected chi connectivity index (χ0v) is 13.8. The average Bonchev–Trinajstić information content (AvgIpc) is 2.38. The summed E-state index contributed by atoms with van der Waals surface area (Å²) >= 11 is 3.45. The summed E-state index contributed by atoms with van der Waals surface area (Å²) in [4.78, 5) is 0. The van der Waals surface area contributed by atoms with Gasteiger partial charge in [-0.2, -0.15) is 0 Å². The first-order valence-electron chi connectivity index (χ1n) is 5.82. The molecule has 0 rings (SSSR count). The molecule has 0 heterocycles. The smallest absolute Gasteiger partial charge is 0.0201 e. The third kappa shape index (κ3) is 13.1. The first-order chi connectivity index (χ1) is 7.99. The van der Waals surface area contributed by atoms with Crippen molar-refractivity contribution in [3.63, 3.8) is 0 Å². The summed E-state index contributed by atoms with van der Waals surface area (Å²) in [5, 5.41) is 0. The van der Waals surface area contributed by atoms with Crippen LogP contribution in [0.5, 0.6) is 0 Å². The van der Waals surface area contributed by atoms with Crippen LogP contribution in [0.4, 0.5) is 0 Å². The number of hydrogen-bond acceptors (Lipinski definition) is 0. The van der Waals surface area contributed by atoms with Gasteiger partial charge in [-0.3, -0.25) is 0 Å². The molecule has 0 aliphatic carbocycles. The first-order valence-corrected chi connectivity index (χ1v) is 6.61. The maximum atomic E-state index is 3.99. The van der Waals surface area contributed by atoms with Gasteiger partial charge in [-0.05, 0) is 38.8 Å². The number of halogens is 1. The topological polar surface area (TPSA) is 0 Å². The molecule has 0 spiro atoms. The highest BCUT2D eigenvalue weighted by Gasteiger charge is 1.98. The Morgan fingerprint density at radius 1 is 1.00 bits per heavy atom. The molecule has 1 heteroatoms. The van der Waals surface area contributed by atoms with Crippen molar-refractivity contribution in [1.82, 2.24) is 0 Å². The van der Waals surface area contributed by atoms with Gasteiger partial charge in [0.1, 0.15) is 0 Å². The molecule has 98 valence electrons. The highest BCUT2D eigenvalue weighted by Crippen LogP contribution is 2.22. The molecule has 17 heavy (non-hydrogen) atoms. The van der Waals surface area contributed by atoms with Crippen molar-refractivity contribution in [2.45, 2.75) is 41.5 Å². The van der Waals surface area contributed by atoms with Crippen LogP contribution in [0.15, 0.2) is 59.2 Å². The summed E-state index contributed by atoms with van der Waals surface area (Å²) in [5.41, 5.74) is 3.52. The standard InChI is InChI=1S/C12H17Br.C2H6.C2H4/c1-6-12(13)11(5)10(4)8-7-9(2)3;2*1-2/h6-8H,5H2,1-4H3;1-2H3;1-2H2/b10-8+,12-6+;;. The Labute approximate surface area is 117 Å². The minimum absolute atomic E-state index is 1.04. The first kappa shape index (κ1) is 21.5. The van der Waals surface area contributed by atoms with Crippen LogP contribution in [0.25, 0.3) is 0 Å². The molecule has 0 aliphatic rings. The Balaban J connectivity index is -0.000000439. The van der Waals surface area contributed by atoms with E-state index in [1.165, 1.54) is 11.1 Å². The van der Waals surface area contributed by atoms with Gasteiger partial charge in [0.05, 0.1) is 0 Å². The van der Waals surface area contributed by atoms with Crippen LogP contribution >= 0.6 is 15.9 Å². The van der Waals surface area contributed by atoms with Gasteiger partial charge >= 0.3 is 0 Å². The molecule has 0 aromatic heterocycles. The monoisotopic (exact) mass is 298 g/mol. The molecule has 0 N–H and O–H groups in total. The molecule has 0 amide bonds. The summed E-state index contributed by atoms with van der Waals surface area (Å²) in [5.74, 6) is 0.